The number of thioether (sulfide) groups is 1. The number of aryl methyl sites for hydroxylation is 1. The highest BCUT2D eigenvalue weighted by Crippen LogP contribution is 2.24. The van der Waals surface area contributed by atoms with Gasteiger partial charge in [-0.1, -0.05) is 6.07 Å². The van der Waals surface area contributed by atoms with E-state index in [1.807, 2.05) is 13.0 Å². The molecule has 3 rings (SSSR count). The number of ether oxygens (including phenoxy) is 1. The highest BCUT2D eigenvalue weighted by Gasteiger charge is 2.20. The van der Waals surface area contributed by atoms with Crippen LogP contribution in [0.2, 0.25) is 0 Å². The van der Waals surface area contributed by atoms with Crippen molar-refractivity contribution in [2.45, 2.75) is 18.7 Å². The van der Waals surface area contributed by atoms with E-state index in [0.717, 1.165) is 35.7 Å². The SMILES string of the molecule is CSc1cccc(-n2c(C)cc(C(=O)CN3CCOCC3)c2C)c1. The van der Waals surface area contributed by atoms with Crippen LogP contribution in [0.25, 0.3) is 5.69 Å². The van der Waals surface area contributed by atoms with E-state index >= 15 is 0 Å². The molecule has 1 aliphatic heterocycles. The van der Waals surface area contributed by atoms with Crippen LogP contribution in [0.5, 0.6) is 0 Å². The summed E-state index contributed by atoms with van der Waals surface area (Å²) in [4.78, 5) is 16.2. The fourth-order valence-corrected chi connectivity index (χ4v) is 3.69. The fraction of sp³-hybridized carbons (Fsp3) is 0.421. The average molecular weight is 344 g/mol. The van der Waals surface area contributed by atoms with Gasteiger partial charge in [0.25, 0.3) is 0 Å². The van der Waals surface area contributed by atoms with E-state index in [4.69, 9.17) is 4.74 Å². The molecule has 0 radical (unpaired) electrons. The second kappa shape index (κ2) is 7.55. The summed E-state index contributed by atoms with van der Waals surface area (Å²) >= 11 is 1.73. The lowest BCUT2D eigenvalue weighted by Gasteiger charge is -2.25. The van der Waals surface area contributed by atoms with Crippen LogP contribution >= 0.6 is 11.8 Å². The fourth-order valence-electron chi connectivity index (χ4n) is 3.24. The number of hydrogen-bond acceptors (Lipinski definition) is 4. The van der Waals surface area contributed by atoms with E-state index in [1.54, 1.807) is 11.8 Å². The molecule has 2 aromatic rings. The van der Waals surface area contributed by atoms with Crippen LogP contribution in [0.1, 0.15) is 21.7 Å². The molecule has 0 saturated carbocycles. The van der Waals surface area contributed by atoms with Gasteiger partial charge >= 0.3 is 0 Å². The molecule has 0 bridgehead atoms. The van der Waals surface area contributed by atoms with E-state index in [2.05, 4.69) is 46.9 Å². The van der Waals surface area contributed by atoms with E-state index in [0.29, 0.717) is 19.8 Å². The standard InChI is InChI=1S/C19H24N2O2S/c1-14-11-18(19(22)13-20-7-9-23-10-8-20)15(2)21(14)16-5-4-6-17(12-16)24-3/h4-6,11-12H,7-10,13H2,1-3H3. The van der Waals surface area contributed by atoms with E-state index in [1.165, 1.54) is 4.90 Å². The van der Waals surface area contributed by atoms with E-state index in [-0.39, 0.29) is 5.78 Å². The van der Waals surface area contributed by atoms with Crippen LogP contribution < -0.4 is 0 Å². The monoisotopic (exact) mass is 344 g/mol. The van der Waals surface area contributed by atoms with Crippen LogP contribution in [0, 0.1) is 13.8 Å². The van der Waals surface area contributed by atoms with Crippen molar-refractivity contribution in [2.75, 3.05) is 39.1 Å². The molecule has 1 aromatic carbocycles. The highest BCUT2D eigenvalue weighted by molar-refractivity contribution is 7.98. The first-order valence-electron chi connectivity index (χ1n) is 8.27. The minimum atomic E-state index is 0.192. The molecule has 1 fully saturated rings. The number of aromatic nitrogens is 1. The van der Waals surface area contributed by atoms with Crippen molar-refractivity contribution >= 4 is 17.5 Å². The van der Waals surface area contributed by atoms with Gasteiger partial charge in [0, 0.05) is 40.6 Å². The van der Waals surface area contributed by atoms with Gasteiger partial charge in [-0.05, 0) is 44.4 Å². The molecule has 1 aliphatic rings. The van der Waals surface area contributed by atoms with Crippen molar-refractivity contribution in [3.05, 3.63) is 47.3 Å². The van der Waals surface area contributed by atoms with E-state index in [9.17, 15) is 4.79 Å². The summed E-state index contributed by atoms with van der Waals surface area (Å²) < 4.78 is 7.53. The van der Waals surface area contributed by atoms with Gasteiger partial charge in [-0.3, -0.25) is 9.69 Å². The van der Waals surface area contributed by atoms with Crippen molar-refractivity contribution in [2.24, 2.45) is 0 Å². The Labute approximate surface area is 147 Å². The smallest absolute Gasteiger partial charge is 0.178 e. The molecular weight excluding hydrogens is 320 g/mol. The molecule has 128 valence electrons. The van der Waals surface area contributed by atoms with Crippen molar-refractivity contribution in [1.29, 1.82) is 0 Å². The number of Topliss-reactive ketones (excluding diaryl/α,β-unsaturated/α-hetero) is 1. The number of benzene rings is 1. The summed E-state index contributed by atoms with van der Waals surface area (Å²) in [5.74, 6) is 0.192. The first-order chi connectivity index (χ1) is 11.6. The molecule has 4 nitrogen and oxygen atoms in total. The van der Waals surface area contributed by atoms with Crippen LogP contribution in [-0.2, 0) is 4.74 Å². The summed E-state index contributed by atoms with van der Waals surface area (Å²) in [5.41, 5.74) is 4.05. The molecule has 0 aliphatic carbocycles. The highest BCUT2D eigenvalue weighted by atomic mass is 32.2. The minimum absolute atomic E-state index is 0.192. The van der Waals surface area contributed by atoms with Crippen LogP contribution in [0.3, 0.4) is 0 Å². The Bertz CT molecular complexity index is 733. The first-order valence-corrected chi connectivity index (χ1v) is 9.49. The summed E-state index contributed by atoms with van der Waals surface area (Å²) in [7, 11) is 0. The van der Waals surface area contributed by atoms with Gasteiger partial charge in [0.2, 0.25) is 0 Å². The minimum Gasteiger partial charge on any atom is -0.379 e. The Morgan fingerprint density at radius 1 is 1.21 bits per heavy atom. The van der Waals surface area contributed by atoms with Crippen LogP contribution in [0.4, 0.5) is 0 Å². The lowest BCUT2D eigenvalue weighted by atomic mass is 10.1. The zero-order chi connectivity index (χ0) is 17.1. The molecule has 1 aromatic heterocycles. The van der Waals surface area contributed by atoms with Gasteiger partial charge < -0.3 is 9.30 Å². The van der Waals surface area contributed by atoms with E-state index < -0.39 is 0 Å². The van der Waals surface area contributed by atoms with Crippen molar-refractivity contribution in [3.8, 4) is 5.69 Å². The quantitative estimate of drug-likeness (QED) is 0.615. The zero-order valence-electron chi connectivity index (χ0n) is 14.5. The Morgan fingerprint density at radius 2 is 1.96 bits per heavy atom. The number of rotatable bonds is 5. The number of nitrogens with zero attached hydrogens (tertiary/aromatic N) is 2. The van der Waals surface area contributed by atoms with Gasteiger partial charge in [0.05, 0.1) is 19.8 Å². The zero-order valence-corrected chi connectivity index (χ0v) is 15.4. The maximum atomic E-state index is 12.8. The lowest BCUT2D eigenvalue weighted by Crippen LogP contribution is -2.39. The number of carbonyl (C=O) groups excluding carboxylic acids is 1. The van der Waals surface area contributed by atoms with Gasteiger partial charge in [0.15, 0.2) is 5.78 Å². The molecule has 1 saturated heterocycles. The maximum Gasteiger partial charge on any atom is 0.178 e. The van der Waals surface area contributed by atoms with Crippen LogP contribution in [0.15, 0.2) is 35.2 Å². The van der Waals surface area contributed by atoms with Gasteiger partial charge in [-0.15, -0.1) is 11.8 Å². The predicted molar refractivity (Wildman–Crippen MR) is 98.6 cm³/mol. The molecule has 0 spiro atoms. The largest absolute Gasteiger partial charge is 0.379 e. The van der Waals surface area contributed by atoms with Crippen molar-refractivity contribution in [3.63, 3.8) is 0 Å². The Balaban J connectivity index is 1.86. The first kappa shape index (κ1) is 17.3. The van der Waals surface area contributed by atoms with Crippen LogP contribution in [-0.4, -0.2) is 54.4 Å². The van der Waals surface area contributed by atoms with Gasteiger partial charge in [-0.25, -0.2) is 0 Å². The summed E-state index contributed by atoms with van der Waals surface area (Å²) in [6, 6.07) is 10.4. The maximum absolute atomic E-state index is 12.8. The van der Waals surface area contributed by atoms with Gasteiger partial charge in [0.1, 0.15) is 0 Å². The number of ketones is 1. The molecule has 24 heavy (non-hydrogen) atoms. The summed E-state index contributed by atoms with van der Waals surface area (Å²) in [6.07, 6.45) is 2.08. The molecule has 0 unspecified atom stereocenters. The molecule has 2 heterocycles. The topological polar surface area (TPSA) is 34.5 Å². The third kappa shape index (κ3) is 3.58. The number of morpholine rings is 1. The lowest BCUT2D eigenvalue weighted by molar-refractivity contribution is 0.0371. The summed E-state index contributed by atoms with van der Waals surface area (Å²) in [6.45, 7) is 7.66. The Morgan fingerprint density at radius 3 is 2.67 bits per heavy atom. The molecule has 0 N–H and O–H groups in total. The predicted octanol–water partition coefficient (Wildman–Crippen LogP) is 3.33. The second-order valence-electron chi connectivity index (χ2n) is 6.13. The number of hydrogen-bond donors (Lipinski definition) is 0. The molecule has 0 amide bonds. The third-order valence-electron chi connectivity index (χ3n) is 4.51. The second-order valence-corrected chi connectivity index (χ2v) is 7.01. The van der Waals surface area contributed by atoms with Gasteiger partial charge in [-0.2, -0.15) is 0 Å². The normalized spacial score (nSPS) is 15.6. The molecule has 5 heteroatoms. The average Bonchev–Trinajstić information content (AvgIpc) is 2.90. The number of carbonyl (C=O) groups is 1. The Hall–Kier alpha value is -1.56. The molecule has 0 atom stereocenters. The molecular formula is C19H24N2O2S. The van der Waals surface area contributed by atoms with Crippen molar-refractivity contribution < 1.29 is 9.53 Å². The van der Waals surface area contributed by atoms with Crippen molar-refractivity contribution in [1.82, 2.24) is 9.47 Å². The Kier molecular flexibility index (Phi) is 5.43. The summed E-state index contributed by atoms with van der Waals surface area (Å²) in [5, 5.41) is 0. The third-order valence-corrected chi connectivity index (χ3v) is 5.24.